The van der Waals surface area contributed by atoms with E-state index in [1.54, 1.807) is 7.11 Å². The molecule has 3 unspecified atom stereocenters. The van der Waals surface area contributed by atoms with E-state index in [9.17, 15) is 0 Å². The molecular weight excluding hydrogens is 188 g/mol. The van der Waals surface area contributed by atoms with E-state index >= 15 is 0 Å². The zero-order chi connectivity index (χ0) is 11.3. The molecule has 1 aliphatic carbocycles. The number of rotatable bonds is 5. The predicted molar refractivity (Wildman–Crippen MR) is 63.0 cm³/mol. The van der Waals surface area contributed by atoms with Gasteiger partial charge in [-0.05, 0) is 30.6 Å². The number of ether oxygens (including phenoxy) is 2. The Morgan fingerprint density at radius 2 is 1.93 bits per heavy atom. The molecule has 0 saturated heterocycles. The average molecular weight is 214 g/mol. The summed E-state index contributed by atoms with van der Waals surface area (Å²) >= 11 is 0. The Bertz CT molecular complexity index is 168. The van der Waals surface area contributed by atoms with Gasteiger partial charge in [0, 0.05) is 7.11 Å². The van der Waals surface area contributed by atoms with Crippen LogP contribution in [0.1, 0.15) is 40.0 Å². The predicted octanol–water partition coefficient (Wildman–Crippen LogP) is 3.11. The Hall–Kier alpha value is -0.0800. The summed E-state index contributed by atoms with van der Waals surface area (Å²) in [5.41, 5.74) is 0. The molecule has 90 valence electrons. The van der Waals surface area contributed by atoms with Gasteiger partial charge in [-0.25, -0.2) is 0 Å². The molecule has 1 rings (SSSR count). The molecule has 1 fully saturated rings. The van der Waals surface area contributed by atoms with Crippen LogP contribution in [0.5, 0.6) is 0 Å². The molecular formula is C13H26O2. The van der Waals surface area contributed by atoms with Crippen LogP contribution in [0.3, 0.4) is 0 Å². The number of methoxy groups -OCH3 is 1. The highest BCUT2D eigenvalue weighted by molar-refractivity contribution is 4.81. The summed E-state index contributed by atoms with van der Waals surface area (Å²) in [4.78, 5) is 0. The normalized spacial score (nSPS) is 32.2. The molecule has 0 aromatic carbocycles. The van der Waals surface area contributed by atoms with E-state index in [0.717, 1.165) is 31.0 Å². The largest absolute Gasteiger partial charge is 0.382 e. The minimum absolute atomic E-state index is 0.462. The fourth-order valence-electron chi connectivity index (χ4n) is 2.59. The maximum atomic E-state index is 5.94. The minimum Gasteiger partial charge on any atom is -0.382 e. The van der Waals surface area contributed by atoms with Gasteiger partial charge in [0.2, 0.25) is 0 Å². The molecule has 0 bridgehead atoms. The topological polar surface area (TPSA) is 18.5 Å². The molecule has 0 N–H and O–H groups in total. The molecule has 0 aliphatic heterocycles. The third-order valence-corrected chi connectivity index (χ3v) is 3.58. The second-order valence-corrected chi connectivity index (χ2v) is 5.23. The first-order chi connectivity index (χ1) is 7.15. The Kier molecular flexibility index (Phi) is 5.62. The first-order valence-electron chi connectivity index (χ1n) is 6.25. The van der Waals surface area contributed by atoms with Crippen molar-refractivity contribution in [3.8, 4) is 0 Å². The zero-order valence-electron chi connectivity index (χ0n) is 10.7. The van der Waals surface area contributed by atoms with Crippen molar-refractivity contribution < 1.29 is 9.47 Å². The summed E-state index contributed by atoms with van der Waals surface area (Å²) in [6, 6.07) is 0. The van der Waals surface area contributed by atoms with Crippen LogP contribution in [0, 0.1) is 17.8 Å². The first-order valence-corrected chi connectivity index (χ1v) is 6.25. The maximum absolute atomic E-state index is 5.94. The molecule has 2 nitrogen and oxygen atoms in total. The summed E-state index contributed by atoms with van der Waals surface area (Å²) in [5.74, 6) is 2.32. The van der Waals surface area contributed by atoms with Gasteiger partial charge in [-0.15, -0.1) is 0 Å². The third kappa shape index (κ3) is 4.12. The summed E-state index contributed by atoms with van der Waals surface area (Å²) in [5, 5.41) is 0. The van der Waals surface area contributed by atoms with Crippen molar-refractivity contribution in [3.63, 3.8) is 0 Å². The molecule has 1 aliphatic rings. The van der Waals surface area contributed by atoms with Crippen molar-refractivity contribution in [1.29, 1.82) is 0 Å². The van der Waals surface area contributed by atoms with Crippen molar-refractivity contribution >= 4 is 0 Å². The van der Waals surface area contributed by atoms with Gasteiger partial charge in [-0.2, -0.15) is 0 Å². The van der Waals surface area contributed by atoms with E-state index in [2.05, 4.69) is 20.8 Å². The van der Waals surface area contributed by atoms with E-state index in [4.69, 9.17) is 9.47 Å². The van der Waals surface area contributed by atoms with Crippen molar-refractivity contribution in [2.75, 3.05) is 20.3 Å². The summed E-state index contributed by atoms with van der Waals surface area (Å²) in [6.45, 7) is 8.43. The lowest BCUT2D eigenvalue weighted by Gasteiger charge is -2.37. The summed E-state index contributed by atoms with van der Waals surface area (Å²) in [7, 11) is 1.73. The highest BCUT2D eigenvalue weighted by Gasteiger charge is 2.31. The number of hydrogen-bond donors (Lipinski definition) is 0. The lowest BCUT2D eigenvalue weighted by Crippen LogP contribution is -2.35. The average Bonchev–Trinajstić information content (AvgIpc) is 2.18. The Morgan fingerprint density at radius 1 is 1.20 bits per heavy atom. The van der Waals surface area contributed by atoms with Crippen LogP contribution >= 0.6 is 0 Å². The van der Waals surface area contributed by atoms with Crippen molar-refractivity contribution in [2.45, 2.75) is 46.1 Å². The molecule has 3 atom stereocenters. The SMILES string of the molecule is COCCOC1CC(C)CCC1C(C)C. The van der Waals surface area contributed by atoms with Crippen molar-refractivity contribution in [3.05, 3.63) is 0 Å². The van der Waals surface area contributed by atoms with Crippen molar-refractivity contribution in [1.82, 2.24) is 0 Å². The van der Waals surface area contributed by atoms with Gasteiger partial charge in [-0.3, -0.25) is 0 Å². The van der Waals surface area contributed by atoms with Crippen LogP contribution < -0.4 is 0 Å². The maximum Gasteiger partial charge on any atom is 0.0704 e. The van der Waals surface area contributed by atoms with Gasteiger partial charge in [0.15, 0.2) is 0 Å². The van der Waals surface area contributed by atoms with Crippen LogP contribution in [0.4, 0.5) is 0 Å². The minimum atomic E-state index is 0.462. The molecule has 0 amide bonds. The summed E-state index contributed by atoms with van der Waals surface area (Å²) < 4.78 is 11.0. The van der Waals surface area contributed by atoms with Crippen LogP contribution in [0.25, 0.3) is 0 Å². The van der Waals surface area contributed by atoms with Gasteiger partial charge in [-0.1, -0.05) is 27.2 Å². The lowest BCUT2D eigenvalue weighted by atomic mass is 9.75. The number of hydrogen-bond acceptors (Lipinski definition) is 2. The molecule has 0 aromatic rings. The first kappa shape index (κ1) is 13.0. The third-order valence-electron chi connectivity index (χ3n) is 3.58. The Morgan fingerprint density at radius 3 is 2.53 bits per heavy atom. The second-order valence-electron chi connectivity index (χ2n) is 5.23. The molecule has 0 aromatic heterocycles. The summed E-state index contributed by atoms with van der Waals surface area (Å²) in [6.07, 6.45) is 4.39. The Balaban J connectivity index is 2.39. The monoisotopic (exact) mass is 214 g/mol. The fraction of sp³-hybridized carbons (Fsp3) is 1.00. The standard InChI is InChI=1S/C13H26O2/c1-10(2)12-6-5-11(3)9-13(12)15-8-7-14-4/h10-13H,5-9H2,1-4H3. The van der Waals surface area contributed by atoms with Gasteiger partial charge >= 0.3 is 0 Å². The van der Waals surface area contributed by atoms with Crippen molar-refractivity contribution in [2.24, 2.45) is 17.8 Å². The fourth-order valence-corrected chi connectivity index (χ4v) is 2.59. The molecule has 15 heavy (non-hydrogen) atoms. The highest BCUT2D eigenvalue weighted by Crippen LogP contribution is 2.35. The Labute approximate surface area is 94.3 Å². The van der Waals surface area contributed by atoms with Crippen LogP contribution in [-0.4, -0.2) is 26.4 Å². The van der Waals surface area contributed by atoms with Crippen LogP contribution in [0.2, 0.25) is 0 Å². The smallest absolute Gasteiger partial charge is 0.0704 e. The molecule has 0 radical (unpaired) electrons. The zero-order valence-corrected chi connectivity index (χ0v) is 10.7. The molecule has 1 saturated carbocycles. The molecule has 0 heterocycles. The molecule has 2 heteroatoms. The van der Waals surface area contributed by atoms with E-state index < -0.39 is 0 Å². The second kappa shape index (κ2) is 6.49. The van der Waals surface area contributed by atoms with Crippen LogP contribution in [-0.2, 0) is 9.47 Å². The quantitative estimate of drug-likeness (QED) is 0.655. The highest BCUT2D eigenvalue weighted by atomic mass is 16.5. The van der Waals surface area contributed by atoms with Crippen LogP contribution in [0.15, 0.2) is 0 Å². The molecule has 0 spiro atoms. The van der Waals surface area contributed by atoms with E-state index in [1.807, 2.05) is 0 Å². The van der Waals surface area contributed by atoms with Gasteiger partial charge < -0.3 is 9.47 Å². The van der Waals surface area contributed by atoms with E-state index in [1.165, 1.54) is 19.3 Å². The van der Waals surface area contributed by atoms with E-state index in [0.29, 0.717) is 6.10 Å². The van der Waals surface area contributed by atoms with E-state index in [-0.39, 0.29) is 0 Å². The van der Waals surface area contributed by atoms with Gasteiger partial charge in [0.05, 0.1) is 19.3 Å². The van der Waals surface area contributed by atoms with Gasteiger partial charge in [0.25, 0.3) is 0 Å². The van der Waals surface area contributed by atoms with Gasteiger partial charge in [0.1, 0.15) is 0 Å². The lowest BCUT2D eigenvalue weighted by molar-refractivity contribution is -0.0533.